The number of ether oxygens (including phenoxy) is 2. The molecule has 1 heterocycles. The van der Waals surface area contributed by atoms with E-state index in [-0.39, 0.29) is 5.69 Å². The van der Waals surface area contributed by atoms with Crippen LogP contribution in [0.2, 0.25) is 0 Å². The van der Waals surface area contributed by atoms with E-state index in [9.17, 15) is 10.1 Å². The summed E-state index contributed by atoms with van der Waals surface area (Å²) in [6.07, 6.45) is 0. The second-order valence-corrected chi connectivity index (χ2v) is 4.44. The van der Waals surface area contributed by atoms with E-state index in [1.54, 1.807) is 13.0 Å². The molecule has 17 heavy (non-hydrogen) atoms. The van der Waals surface area contributed by atoms with Crippen molar-refractivity contribution in [3.05, 3.63) is 39.4 Å². The summed E-state index contributed by atoms with van der Waals surface area (Å²) < 4.78 is 11.1. The standard InChI is InChI=1S/C11H12BrNO4/c1-11(16-4-5-17-11)10-6-9(13(14)15)3-2-8(10)7-12/h2-3,6H,4-5,7H2,1H3. The van der Waals surface area contributed by atoms with Gasteiger partial charge in [-0.25, -0.2) is 0 Å². The molecule has 1 aliphatic heterocycles. The van der Waals surface area contributed by atoms with E-state index in [2.05, 4.69) is 15.9 Å². The van der Waals surface area contributed by atoms with Crippen LogP contribution < -0.4 is 0 Å². The fourth-order valence-corrected chi connectivity index (χ4v) is 2.38. The average Bonchev–Trinajstić information content (AvgIpc) is 2.76. The lowest BCUT2D eigenvalue weighted by molar-refractivity contribution is -0.385. The molecule has 6 heteroatoms. The summed E-state index contributed by atoms with van der Waals surface area (Å²) >= 11 is 3.36. The van der Waals surface area contributed by atoms with Crippen LogP contribution >= 0.6 is 15.9 Å². The molecule has 0 aliphatic carbocycles. The zero-order valence-electron chi connectivity index (χ0n) is 9.31. The Morgan fingerprint density at radius 3 is 2.65 bits per heavy atom. The molecule has 0 bridgehead atoms. The van der Waals surface area contributed by atoms with Gasteiger partial charge in [0.2, 0.25) is 0 Å². The molecule has 0 saturated carbocycles. The van der Waals surface area contributed by atoms with Crippen LogP contribution in [0.3, 0.4) is 0 Å². The molecular formula is C11H12BrNO4. The average molecular weight is 302 g/mol. The predicted molar refractivity (Wildman–Crippen MR) is 65.0 cm³/mol. The number of non-ortho nitro benzene ring substituents is 1. The molecule has 1 aromatic rings. The molecule has 1 fully saturated rings. The predicted octanol–water partition coefficient (Wildman–Crippen LogP) is 2.71. The Morgan fingerprint density at radius 1 is 1.47 bits per heavy atom. The van der Waals surface area contributed by atoms with Crippen molar-refractivity contribution in [2.75, 3.05) is 13.2 Å². The van der Waals surface area contributed by atoms with Crippen LogP contribution in [0.4, 0.5) is 5.69 Å². The first-order valence-electron chi connectivity index (χ1n) is 5.18. The van der Waals surface area contributed by atoms with Crippen LogP contribution in [-0.2, 0) is 20.6 Å². The Morgan fingerprint density at radius 2 is 2.12 bits per heavy atom. The van der Waals surface area contributed by atoms with E-state index in [0.717, 1.165) is 5.56 Å². The summed E-state index contributed by atoms with van der Waals surface area (Å²) in [5.41, 5.74) is 1.69. The Labute approximate surface area is 107 Å². The fraction of sp³-hybridized carbons (Fsp3) is 0.455. The van der Waals surface area contributed by atoms with Crippen molar-refractivity contribution < 1.29 is 14.4 Å². The van der Waals surface area contributed by atoms with Crippen molar-refractivity contribution in [3.63, 3.8) is 0 Å². The van der Waals surface area contributed by atoms with Crippen molar-refractivity contribution in [2.24, 2.45) is 0 Å². The molecule has 0 radical (unpaired) electrons. The summed E-state index contributed by atoms with van der Waals surface area (Å²) in [6, 6.07) is 4.72. The van der Waals surface area contributed by atoms with Gasteiger partial charge in [0.15, 0.2) is 5.79 Å². The third-order valence-electron chi connectivity index (χ3n) is 2.78. The lowest BCUT2D eigenvalue weighted by atomic mass is 10.0. The van der Waals surface area contributed by atoms with E-state index < -0.39 is 10.7 Å². The smallest absolute Gasteiger partial charge is 0.269 e. The Hall–Kier alpha value is -0.980. The van der Waals surface area contributed by atoms with Gasteiger partial charge in [-0.15, -0.1) is 0 Å². The highest BCUT2D eigenvalue weighted by atomic mass is 79.9. The van der Waals surface area contributed by atoms with E-state index in [1.165, 1.54) is 12.1 Å². The third-order valence-corrected chi connectivity index (χ3v) is 3.38. The van der Waals surface area contributed by atoms with Crippen molar-refractivity contribution in [1.29, 1.82) is 0 Å². The lowest BCUT2D eigenvalue weighted by Crippen LogP contribution is -2.24. The molecule has 0 aromatic heterocycles. The number of hydrogen-bond acceptors (Lipinski definition) is 4. The first-order valence-corrected chi connectivity index (χ1v) is 6.30. The van der Waals surface area contributed by atoms with E-state index in [4.69, 9.17) is 9.47 Å². The second-order valence-electron chi connectivity index (χ2n) is 3.87. The lowest BCUT2D eigenvalue weighted by Gasteiger charge is -2.24. The van der Waals surface area contributed by atoms with Crippen molar-refractivity contribution in [3.8, 4) is 0 Å². The van der Waals surface area contributed by atoms with Gasteiger partial charge in [-0.2, -0.15) is 0 Å². The number of nitrogens with zero attached hydrogens (tertiary/aromatic N) is 1. The van der Waals surface area contributed by atoms with Gasteiger partial charge in [0, 0.05) is 23.0 Å². The molecule has 0 unspecified atom stereocenters. The van der Waals surface area contributed by atoms with Crippen LogP contribution in [0, 0.1) is 10.1 Å². The zero-order chi connectivity index (χ0) is 12.5. The van der Waals surface area contributed by atoms with Gasteiger partial charge in [-0.05, 0) is 12.5 Å². The molecule has 0 amide bonds. The first-order chi connectivity index (χ1) is 8.07. The molecule has 92 valence electrons. The van der Waals surface area contributed by atoms with Crippen molar-refractivity contribution in [2.45, 2.75) is 18.0 Å². The maximum atomic E-state index is 10.8. The summed E-state index contributed by atoms with van der Waals surface area (Å²) in [7, 11) is 0. The molecule has 2 rings (SSSR count). The van der Waals surface area contributed by atoms with Gasteiger partial charge in [0.05, 0.1) is 18.1 Å². The third kappa shape index (κ3) is 2.34. The molecular weight excluding hydrogens is 290 g/mol. The monoisotopic (exact) mass is 301 g/mol. The minimum atomic E-state index is -0.880. The normalized spacial score (nSPS) is 18.2. The highest BCUT2D eigenvalue weighted by molar-refractivity contribution is 9.08. The number of rotatable bonds is 3. The Kier molecular flexibility index (Phi) is 3.46. The topological polar surface area (TPSA) is 61.6 Å². The Bertz CT molecular complexity index is 443. The molecule has 5 nitrogen and oxygen atoms in total. The zero-order valence-corrected chi connectivity index (χ0v) is 10.9. The molecule has 1 saturated heterocycles. The van der Waals surface area contributed by atoms with Crippen LogP contribution in [0.15, 0.2) is 18.2 Å². The van der Waals surface area contributed by atoms with Crippen molar-refractivity contribution >= 4 is 21.6 Å². The number of alkyl halides is 1. The van der Waals surface area contributed by atoms with Gasteiger partial charge in [0.1, 0.15) is 0 Å². The minimum Gasteiger partial charge on any atom is -0.344 e. The SMILES string of the molecule is CC1(c2cc([N+](=O)[O-])ccc2CBr)OCCO1. The molecule has 0 spiro atoms. The molecule has 0 atom stereocenters. The van der Waals surface area contributed by atoms with Crippen LogP contribution in [0.5, 0.6) is 0 Å². The van der Waals surface area contributed by atoms with Gasteiger partial charge >= 0.3 is 0 Å². The molecule has 1 aliphatic rings. The van der Waals surface area contributed by atoms with Crippen LogP contribution in [0.1, 0.15) is 18.1 Å². The number of benzene rings is 1. The summed E-state index contributed by atoms with van der Waals surface area (Å²) in [5.74, 6) is -0.880. The molecule has 1 aromatic carbocycles. The number of nitro groups is 1. The maximum Gasteiger partial charge on any atom is 0.269 e. The fourth-order valence-electron chi connectivity index (χ4n) is 1.89. The number of nitro benzene ring substituents is 1. The van der Waals surface area contributed by atoms with Crippen LogP contribution in [0.25, 0.3) is 0 Å². The van der Waals surface area contributed by atoms with E-state index in [1.807, 2.05) is 0 Å². The largest absolute Gasteiger partial charge is 0.344 e. The molecule has 0 N–H and O–H groups in total. The van der Waals surface area contributed by atoms with E-state index in [0.29, 0.717) is 24.1 Å². The van der Waals surface area contributed by atoms with Gasteiger partial charge in [-0.1, -0.05) is 22.0 Å². The summed E-state index contributed by atoms with van der Waals surface area (Å²) in [4.78, 5) is 10.4. The van der Waals surface area contributed by atoms with Gasteiger partial charge in [-0.3, -0.25) is 10.1 Å². The maximum absolute atomic E-state index is 10.8. The van der Waals surface area contributed by atoms with E-state index >= 15 is 0 Å². The highest BCUT2D eigenvalue weighted by Gasteiger charge is 2.36. The Balaban J connectivity index is 2.49. The van der Waals surface area contributed by atoms with Gasteiger partial charge in [0.25, 0.3) is 5.69 Å². The summed E-state index contributed by atoms with van der Waals surface area (Å²) in [6.45, 7) is 2.78. The van der Waals surface area contributed by atoms with Crippen LogP contribution in [-0.4, -0.2) is 18.1 Å². The highest BCUT2D eigenvalue weighted by Crippen LogP contribution is 2.35. The first kappa shape index (κ1) is 12.5. The van der Waals surface area contributed by atoms with Gasteiger partial charge < -0.3 is 9.47 Å². The minimum absolute atomic E-state index is 0.0463. The number of halogens is 1. The number of hydrogen-bond donors (Lipinski definition) is 0. The second kappa shape index (κ2) is 4.72. The van der Waals surface area contributed by atoms with Crippen molar-refractivity contribution in [1.82, 2.24) is 0 Å². The summed E-state index contributed by atoms with van der Waals surface area (Å²) in [5, 5.41) is 11.4. The quantitative estimate of drug-likeness (QED) is 0.489.